The second kappa shape index (κ2) is 5.02. The topological polar surface area (TPSA) is 58.4 Å². The van der Waals surface area contributed by atoms with E-state index in [1.54, 1.807) is 7.05 Å². The molecule has 1 amide bonds. The van der Waals surface area contributed by atoms with Crippen LogP contribution in [0.5, 0.6) is 0 Å². The molecule has 1 heterocycles. The molecule has 0 aliphatic rings. The van der Waals surface area contributed by atoms with E-state index in [0.29, 0.717) is 10.6 Å². The average Bonchev–Trinajstić information content (AvgIpc) is 2.60. The van der Waals surface area contributed by atoms with Crippen molar-refractivity contribution in [1.29, 1.82) is 0 Å². The molecule has 5 heteroatoms. The van der Waals surface area contributed by atoms with Crippen molar-refractivity contribution >= 4 is 27.9 Å². The molecule has 0 radical (unpaired) electrons. The number of nitrogens with two attached hydrogens (primary N) is 1. The van der Waals surface area contributed by atoms with Gasteiger partial charge >= 0.3 is 0 Å². The summed E-state index contributed by atoms with van der Waals surface area (Å²) < 4.78 is 0. The van der Waals surface area contributed by atoms with Crippen LogP contribution in [0.25, 0.3) is 0 Å². The molecular weight excluding hydrogens is 210 g/mol. The maximum atomic E-state index is 11.4. The van der Waals surface area contributed by atoms with Gasteiger partial charge in [0.25, 0.3) is 5.91 Å². The molecule has 84 valence electrons. The van der Waals surface area contributed by atoms with Gasteiger partial charge in [0.05, 0.1) is 10.7 Å². The third kappa shape index (κ3) is 2.62. The first-order valence-electron chi connectivity index (χ1n) is 4.92. The number of nitrogens with one attached hydrogen (secondary N) is 1. The standard InChI is InChI=1S/C10H17N3OS/c1-4-5-13(3)8-6-7(11)9(15-8)10(14)12-2/h6H,4-5,11H2,1-3H3,(H,12,14). The molecule has 15 heavy (non-hydrogen) atoms. The quantitative estimate of drug-likeness (QED) is 0.820. The Kier molecular flexibility index (Phi) is 3.96. The van der Waals surface area contributed by atoms with E-state index in [1.165, 1.54) is 11.3 Å². The second-order valence-corrected chi connectivity index (χ2v) is 4.40. The van der Waals surface area contributed by atoms with Gasteiger partial charge in [-0.2, -0.15) is 0 Å². The van der Waals surface area contributed by atoms with Crippen LogP contribution in [0.15, 0.2) is 6.07 Å². The van der Waals surface area contributed by atoms with Crippen LogP contribution in [0.4, 0.5) is 10.7 Å². The minimum Gasteiger partial charge on any atom is -0.397 e. The third-order valence-electron chi connectivity index (χ3n) is 2.12. The smallest absolute Gasteiger partial charge is 0.263 e. The Balaban J connectivity index is 2.90. The van der Waals surface area contributed by atoms with Crippen LogP contribution in [0.1, 0.15) is 23.0 Å². The van der Waals surface area contributed by atoms with Gasteiger partial charge in [-0.1, -0.05) is 6.92 Å². The average molecular weight is 227 g/mol. The molecule has 0 saturated carbocycles. The fourth-order valence-corrected chi connectivity index (χ4v) is 2.33. The Morgan fingerprint density at radius 3 is 2.87 bits per heavy atom. The first-order chi connectivity index (χ1) is 7.10. The Morgan fingerprint density at radius 1 is 1.67 bits per heavy atom. The zero-order valence-corrected chi connectivity index (χ0v) is 10.1. The summed E-state index contributed by atoms with van der Waals surface area (Å²) in [5.41, 5.74) is 6.33. The molecule has 1 rings (SSSR count). The zero-order valence-electron chi connectivity index (χ0n) is 9.33. The molecule has 1 aromatic rings. The molecule has 0 fully saturated rings. The minimum absolute atomic E-state index is 0.117. The minimum atomic E-state index is -0.117. The number of amides is 1. The largest absolute Gasteiger partial charge is 0.397 e. The van der Waals surface area contributed by atoms with Crippen LogP contribution >= 0.6 is 11.3 Å². The van der Waals surface area contributed by atoms with Crippen LogP contribution in [0.3, 0.4) is 0 Å². The number of carbonyl (C=O) groups is 1. The molecule has 1 aromatic heterocycles. The summed E-state index contributed by atoms with van der Waals surface area (Å²) in [4.78, 5) is 14.1. The third-order valence-corrected chi connectivity index (χ3v) is 3.38. The van der Waals surface area contributed by atoms with Crippen LogP contribution in [-0.2, 0) is 0 Å². The molecule has 4 nitrogen and oxygen atoms in total. The molecule has 0 spiro atoms. The van der Waals surface area contributed by atoms with Crippen molar-refractivity contribution in [3.8, 4) is 0 Å². The summed E-state index contributed by atoms with van der Waals surface area (Å²) in [6, 6.07) is 1.85. The predicted molar refractivity (Wildman–Crippen MR) is 65.7 cm³/mol. The van der Waals surface area contributed by atoms with Gasteiger partial charge in [0.1, 0.15) is 4.88 Å². The van der Waals surface area contributed by atoms with Gasteiger partial charge in [0.2, 0.25) is 0 Å². The van der Waals surface area contributed by atoms with Gasteiger partial charge in [0.15, 0.2) is 0 Å². The lowest BCUT2D eigenvalue weighted by Gasteiger charge is -2.14. The van der Waals surface area contributed by atoms with Crippen LogP contribution < -0.4 is 16.0 Å². The summed E-state index contributed by atoms with van der Waals surface area (Å²) in [7, 11) is 3.61. The van der Waals surface area contributed by atoms with Gasteiger partial charge in [0, 0.05) is 20.6 Å². The van der Waals surface area contributed by atoms with Crippen LogP contribution in [-0.4, -0.2) is 26.5 Å². The van der Waals surface area contributed by atoms with E-state index in [9.17, 15) is 4.79 Å². The number of hydrogen-bond donors (Lipinski definition) is 2. The Bertz CT molecular complexity index is 348. The van der Waals surface area contributed by atoms with E-state index in [4.69, 9.17) is 5.73 Å². The molecular formula is C10H17N3OS. The molecule has 0 aliphatic carbocycles. The van der Waals surface area contributed by atoms with E-state index < -0.39 is 0 Å². The Hall–Kier alpha value is -1.23. The fourth-order valence-electron chi connectivity index (χ4n) is 1.32. The summed E-state index contributed by atoms with van der Waals surface area (Å²) in [6.45, 7) is 3.08. The molecule has 0 saturated heterocycles. The van der Waals surface area contributed by atoms with Gasteiger partial charge in [-0.15, -0.1) is 11.3 Å². The lowest BCUT2D eigenvalue weighted by Crippen LogP contribution is -2.17. The zero-order chi connectivity index (χ0) is 11.4. The lowest BCUT2D eigenvalue weighted by atomic mass is 10.3. The number of thiophene rings is 1. The van der Waals surface area contributed by atoms with Crippen molar-refractivity contribution in [2.45, 2.75) is 13.3 Å². The van der Waals surface area contributed by atoms with Gasteiger partial charge < -0.3 is 16.0 Å². The lowest BCUT2D eigenvalue weighted by molar-refractivity contribution is 0.0968. The van der Waals surface area contributed by atoms with E-state index >= 15 is 0 Å². The van der Waals surface area contributed by atoms with E-state index in [-0.39, 0.29) is 5.91 Å². The summed E-state index contributed by atoms with van der Waals surface area (Å²) in [5, 5.41) is 3.61. The van der Waals surface area contributed by atoms with Crippen molar-refractivity contribution in [2.75, 3.05) is 31.3 Å². The second-order valence-electron chi connectivity index (χ2n) is 3.37. The van der Waals surface area contributed by atoms with Gasteiger partial charge in [-0.25, -0.2) is 0 Å². The number of rotatable bonds is 4. The first-order valence-corrected chi connectivity index (χ1v) is 5.74. The normalized spacial score (nSPS) is 10.1. The predicted octanol–water partition coefficient (Wildman–Crippen LogP) is 1.54. The van der Waals surface area contributed by atoms with Crippen molar-refractivity contribution in [2.24, 2.45) is 0 Å². The van der Waals surface area contributed by atoms with E-state index in [2.05, 4.69) is 17.1 Å². The van der Waals surface area contributed by atoms with Crippen molar-refractivity contribution in [1.82, 2.24) is 5.32 Å². The first kappa shape index (κ1) is 11.8. The van der Waals surface area contributed by atoms with E-state index in [1.807, 2.05) is 13.1 Å². The fraction of sp³-hybridized carbons (Fsp3) is 0.500. The maximum absolute atomic E-state index is 11.4. The maximum Gasteiger partial charge on any atom is 0.263 e. The van der Waals surface area contributed by atoms with E-state index in [0.717, 1.165) is 18.0 Å². The Labute approximate surface area is 94.1 Å². The summed E-state index contributed by atoms with van der Waals surface area (Å²) in [5.74, 6) is -0.117. The number of nitrogen functional groups attached to an aromatic ring is 1. The highest BCUT2D eigenvalue weighted by molar-refractivity contribution is 7.18. The molecule has 3 N–H and O–H groups in total. The summed E-state index contributed by atoms with van der Waals surface area (Å²) >= 11 is 1.43. The highest BCUT2D eigenvalue weighted by Gasteiger charge is 2.14. The van der Waals surface area contributed by atoms with Gasteiger partial charge in [-0.3, -0.25) is 4.79 Å². The van der Waals surface area contributed by atoms with Crippen molar-refractivity contribution in [3.63, 3.8) is 0 Å². The number of carbonyl (C=O) groups excluding carboxylic acids is 1. The molecule has 0 atom stereocenters. The number of anilines is 2. The van der Waals surface area contributed by atoms with Gasteiger partial charge in [-0.05, 0) is 12.5 Å². The molecule has 0 unspecified atom stereocenters. The van der Waals surface area contributed by atoms with Crippen molar-refractivity contribution in [3.05, 3.63) is 10.9 Å². The monoisotopic (exact) mass is 227 g/mol. The molecule has 0 bridgehead atoms. The number of nitrogens with zero attached hydrogens (tertiary/aromatic N) is 1. The van der Waals surface area contributed by atoms with Crippen LogP contribution in [0.2, 0.25) is 0 Å². The highest BCUT2D eigenvalue weighted by Crippen LogP contribution is 2.31. The number of hydrogen-bond acceptors (Lipinski definition) is 4. The van der Waals surface area contributed by atoms with Crippen molar-refractivity contribution < 1.29 is 4.79 Å². The Morgan fingerprint density at radius 2 is 2.33 bits per heavy atom. The molecule has 0 aromatic carbocycles. The van der Waals surface area contributed by atoms with Crippen LogP contribution in [0, 0.1) is 0 Å². The highest BCUT2D eigenvalue weighted by atomic mass is 32.1. The molecule has 0 aliphatic heterocycles. The SMILES string of the molecule is CCCN(C)c1cc(N)c(C(=O)NC)s1. The summed E-state index contributed by atoms with van der Waals surface area (Å²) in [6.07, 6.45) is 1.07.